The molecule has 1 aliphatic heterocycles. The maximum absolute atomic E-state index is 12.3. The third-order valence-electron chi connectivity index (χ3n) is 4.23. The fourth-order valence-corrected chi connectivity index (χ4v) is 3.04. The average molecular weight is 337 g/mol. The zero-order valence-electron chi connectivity index (χ0n) is 14.0. The fourth-order valence-electron chi connectivity index (χ4n) is 3.04. The molecule has 0 saturated heterocycles. The largest absolute Gasteiger partial charge is 0.486 e. The normalized spacial score (nSPS) is 13.0. The number of carbonyl (C=O) groups excluding carboxylic acids is 1. The first kappa shape index (κ1) is 15.5. The summed E-state index contributed by atoms with van der Waals surface area (Å²) in [6, 6.07) is 13.4. The van der Waals surface area contributed by atoms with Crippen LogP contribution in [0, 0.1) is 6.92 Å². The van der Waals surface area contributed by atoms with Crippen LogP contribution >= 0.6 is 0 Å². The first-order chi connectivity index (χ1) is 12.2. The van der Waals surface area contributed by atoms with Crippen LogP contribution in [0.3, 0.4) is 0 Å². The zero-order chi connectivity index (χ0) is 17.2. The number of imidazole rings is 1. The molecule has 0 saturated carbocycles. The van der Waals surface area contributed by atoms with Crippen LogP contribution in [0.5, 0.6) is 11.5 Å². The SMILES string of the molecule is Cc1nc2ccccc2n1CCC(=O)Nc1ccc2c(c1)OCCO2. The van der Waals surface area contributed by atoms with Crippen molar-refractivity contribution in [1.29, 1.82) is 0 Å². The molecule has 6 heteroatoms. The Hall–Kier alpha value is -3.02. The van der Waals surface area contributed by atoms with E-state index in [0.717, 1.165) is 16.9 Å². The van der Waals surface area contributed by atoms with Crippen LogP contribution in [0.2, 0.25) is 0 Å². The molecule has 2 aromatic carbocycles. The maximum Gasteiger partial charge on any atom is 0.226 e. The molecule has 0 fully saturated rings. The molecular weight excluding hydrogens is 318 g/mol. The number of amides is 1. The van der Waals surface area contributed by atoms with Gasteiger partial charge in [0.2, 0.25) is 5.91 Å². The molecule has 6 nitrogen and oxygen atoms in total. The van der Waals surface area contributed by atoms with E-state index in [4.69, 9.17) is 9.47 Å². The van der Waals surface area contributed by atoms with Crippen LogP contribution in [-0.4, -0.2) is 28.7 Å². The molecule has 25 heavy (non-hydrogen) atoms. The van der Waals surface area contributed by atoms with E-state index in [1.54, 1.807) is 6.07 Å². The van der Waals surface area contributed by atoms with Gasteiger partial charge in [-0.15, -0.1) is 0 Å². The summed E-state index contributed by atoms with van der Waals surface area (Å²) in [7, 11) is 0. The summed E-state index contributed by atoms with van der Waals surface area (Å²) in [5, 5.41) is 2.91. The number of fused-ring (bicyclic) bond motifs is 2. The highest BCUT2D eigenvalue weighted by molar-refractivity contribution is 5.91. The quantitative estimate of drug-likeness (QED) is 0.794. The number of nitrogens with one attached hydrogen (secondary N) is 1. The number of ether oxygens (including phenoxy) is 2. The van der Waals surface area contributed by atoms with Crippen molar-refractivity contribution in [2.45, 2.75) is 19.9 Å². The summed E-state index contributed by atoms with van der Waals surface area (Å²) in [6.07, 6.45) is 0.371. The van der Waals surface area contributed by atoms with Gasteiger partial charge in [0.15, 0.2) is 11.5 Å². The predicted molar refractivity (Wildman–Crippen MR) is 95.1 cm³/mol. The van der Waals surface area contributed by atoms with Crippen molar-refractivity contribution < 1.29 is 14.3 Å². The molecule has 0 atom stereocenters. The molecule has 0 radical (unpaired) electrons. The van der Waals surface area contributed by atoms with Crippen molar-refractivity contribution in [3.8, 4) is 11.5 Å². The van der Waals surface area contributed by atoms with E-state index in [9.17, 15) is 4.79 Å². The molecule has 2 heterocycles. The highest BCUT2D eigenvalue weighted by Crippen LogP contribution is 2.32. The lowest BCUT2D eigenvalue weighted by molar-refractivity contribution is -0.116. The lowest BCUT2D eigenvalue weighted by atomic mass is 10.2. The van der Waals surface area contributed by atoms with Crippen molar-refractivity contribution >= 4 is 22.6 Å². The molecule has 3 aromatic rings. The highest BCUT2D eigenvalue weighted by atomic mass is 16.6. The number of hydrogen-bond donors (Lipinski definition) is 1. The van der Waals surface area contributed by atoms with Gasteiger partial charge in [-0.1, -0.05) is 12.1 Å². The second-order valence-corrected chi connectivity index (χ2v) is 5.96. The maximum atomic E-state index is 12.3. The van der Waals surface area contributed by atoms with Gasteiger partial charge in [-0.3, -0.25) is 4.79 Å². The Morgan fingerprint density at radius 1 is 1.16 bits per heavy atom. The van der Waals surface area contributed by atoms with Crippen LogP contribution in [-0.2, 0) is 11.3 Å². The Bertz CT molecular complexity index is 933. The number of aromatic nitrogens is 2. The second kappa shape index (κ2) is 6.47. The van der Waals surface area contributed by atoms with Crippen LogP contribution in [0.25, 0.3) is 11.0 Å². The Morgan fingerprint density at radius 2 is 1.96 bits per heavy atom. The predicted octanol–water partition coefficient (Wildman–Crippen LogP) is 3.14. The van der Waals surface area contributed by atoms with E-state index in [1.165, 1.54) is 0 Å². The molecule has 4 rings (SSSR count). The van der Waals surface area contributed by atoms with Gasteiger partial charge in [0, 0.05) is 24.7 Å². The number of para-hydroxylation sites is 2. The minimum absolute atomic E-state index is 0.0474. The van der Waals surface area contributed by atoms with Crippen molar-refractivity contribution in [2.75, 3.05) is 18.5 Å². The molecule has 0 bridgehead atoms. The Kier molecular flexibility index (Phi) is 4.01. The van der Waals surface area contributed by atoms with Crippen LogP contribution in [0.1, 0.15) is 12.2 Å². The van der Waals surface area contributed by atoms with Gasteiger partial charge in [0.1, 0.15) is 19.0 Å². The summed E-state index contributed by atoms with van der Waals surface area (Å²) in [5.74, 6) is 2.24. The van der Waals surface area contributed by atoms with E-state index in [-0.39, 0.29) is 5.91 Å². The van der Waals surface area contributed by atoms with Crippen LogP contribution in [0.4, 0.5) is 5.69 Å². The van der Waals surface area contributed by atoms with E-state index in [2.05, 4.69) is 14.9 Å². The molecule has 1 aliphatic rings. The van der Waals surface area contributed by atoms with Crippen molar-refractivity contribution in [3.63, 3.8) is 0 Å². The number of benzene rings is 2. The Balaban J connectivity index is 1.43. The van der Waals surface area contributed by atoms with Crippen molar-refractivity contribution in [1.82, 2.24) is 9.55 Å². The van der Waals surface area contributed by atoms with Gasteiger partial charge in [-0.25, -0.2) is 4.98 Å². The standard InChI is InChI=1S/C19H19N3O3/c1-13-20-15-4-2-3-5-16(15)22(13)9-8-19(23)21-14-6-7-17-18(12-14)25-11-10-24-17/h2-7,12H,8-11H2,1H3,(H,21,23). The Labute approximate surface area is 145 Å². The number of nitrogens with zero attached hydrogens (tertiary/aromatic N) is 2. The molecule has 0 spiro atoms. The van der Waals surface area contributed by atoms with Gasteiger partial charge >= 0.3 is 0 Å². The molecular formula is C19H19N3O3. The van der Waals surface area contributed by atoms with Crippen molar-refractivity contribution in [3.05, 3.63) is 48.3 Å². The van der Waals surface area contributed by atoms with Gasteiger partial charge < -0.3 is 19.4 Å². The van der Waals surface area contributed by atoms with E-state index < -0.39 is 0 Å². The minimum atomic E-state index is -0.0474. The first-order valence-electron chi connectivity index (χ1n) is 8.32. The fraction of sp³-hybridized carbons (Fsp3) is 0.263. The molecule has 0 unspecified atom stereocenters. The molecule has 1 aromatic heterocycles. The average Bonchev–Trinajstić information content (AvgIpc) is 2.95. The number of rotatable bonds is 4. The molecule has 1 amide bonds. The van der Waals surface area contributed by atoms with E-state index in [1.807, 2.05) is 43.3 Å². The Morgan fingerprint density at radius 3 is 2.84 bits per heavy atom. The lowest BCUT2D eigenvalue weighted by Crippen LogP contribution is -2.17. The summed E-state index contributed by atoms with van der Waals surface area (Å²) in [6.45, 7) is 3.62. The summed E-state index contributed by atoms with van der Waals surface area (Å²) in [5.41, 5.74) is 2.71. The molecule has 1 N–H and O–H groups in total. The minimum Gasteiger partial charge on any atom is -0.486 e. The topological polar surface area (TPSA) is 65.4 Å². The third kappa shape index (κ3) is 3.15. The van der Waals surface area contributed by atoms with Gasteiger partial charge in [0.25, 0.3) is 0 Å². The summed E-state index contributed by atoms with van der Waals surface area (Å²) < 4.78 is 13.1. The highest BCUT2D eigenvalue weighted by Gasteiger charge is 2.13. The third-order valence-corrected chi connectivity index (χ3v) is 4.23. The monoisotopic (exact) mass is 337 g/mol. The number of carbonyl (C=O) groups is 1. The second-order valence-electron chi connectivity index (χ2n) is 5.96. The lowest BCUT2D eigenvalue weighted by Gasteiger charge is -2.19. The van der Waals surface area contributed by atoms with E-state index in [0.29, 0.717) is 43.4 Å². The first-order valence-corrected chi connectivity index (χ1v) is 8.32. The van der Waals surface area contributed by atoms with Crippen molar-refractivity contribution in [2.24, 2.45) is 0 Å². The van der Waals surface area contributed by atoms with Gasteiger partial charge in [-0.05, 0) is 31.2 Å². The zero-order valence-corrected chi connectivity index (χ0v) is 14.0. The number of anilines is 1. The summed E-state index contributed by atoms with van der Waals surface area (Å²) >= 11 is 0. The van der Waals surface area contributed by atoms with Gasteiger partial charge in [0.05, 0.1) is 11.0 Å². The van der Waals surface area contributed by atoms with Crippen LogP contribution < -0.4 is 14.8 Å². The van der Waals surface area contributed by atoms with Gasteiger partial charge in [-0.2, -0.15) is 0 Å². The van der Waals surface area contributed by atoms with Crippen LogP contribution in [0.15, 0.2) is 42.5 Å². The smallest absolute Gasteiger partial charge is 0.226 e. The number of aryl methyl sites for hydroxylation is 2. The molecule has 0 aliphatic carbocycles. The molecule has 128 valence electrons. The summed E-state index contributed by atoms with van der Waals surface area (Å²) in [4.78, 5) is 16.8. The van der Waals surface area contributed by atoms with E-state index >= 15 is 0 Å². The number of hydrogen-bond acceptors (Lipinski definition) is 4.